The molecule has 5 heteroatoms. The van der Waals surface area contributed by atoms with Gasteiger partial charge in [0.15, 0.2) is 0 Å². The number of nitrogens with zero attached hydrogens (tertiary/aromatic N) is 2. The van der Waals surface area contributed by atoms with Crippen LogP contribution >= 0.6 is 0 Å². The van der Waals surface area contributed by atoms with Gasteiger partial charge in [0, 0.05) is 25.7 Å². The molecule has 0 radical (unpaired) electrons. The van der Waals surface area contributed by atoms with Crippen LogP contribution in [0.15, 0.2) is 18.2 Å². The minimum absolute atomic E-state index is 0.0563. The van der Waals surface area contributed by atoms with Crippen molar-refractivity contribution >= 4 is 5.91 Å². The molecule has 2 atom stereocenters. The summed E-state index contributed by atoms with van der Waals surface area (Å²) >= 11 is 0. The molecule has 3 heterocycles. The molecule has 3 aliphatic heterocycles. The number of hydrogen-bond donors (Lipinski definition) is 0. The quantitative estimate of drug-likeness (QED) is 0.855. The number of piperidine rings is 1. The Kier molecular flexibility index (Phi) is 4.25. The number of likely N-dealkylation sites (N-methyl/N-ethyl adjacent to an activating group) is 1. The highest BCUT2D eigenvalue weighted by Gasteiger charge is 2.37. The lowest BCUT2D eigenvalue weighted by atomic mass is 9.94. The van der Waals surface area contributed by atoms with Crippen LogP contribution in [0.2, 0.25) is 0 Å². The summed E-state index contributed by atoms with van der Waals surface area (Å²) in [5.41, 5.74) is 0.594. The molecule has 1 aromatic carbocycles. The van der Waals surface area contributed by atoms with E-state index >= 15 is 0 Å². The van der Waals surface area contributed by atoms with Crippen LogP contribution in [0, 0.1) is 5.92 Å². The molecule has 0 spiro atoms. The zero-order chi connectivity index (χ0) is 15.7. The third-order valence-electron chi connectivity index (χ3n) is 4.79. The molecule has 1 aromatic rings. The fraction of sp³-hybridized carbons (Fsp3) is 0.588. The summed E-state index contributed by atoms with van der Waals surface area (Å²) in [5, 5.41) is 0. The molecule has 0 aliphatic carbocycles. The summed E-state index contributed by atoms with van der Waals surface area (Å²) in [6, 6.07) is 5.70. The Morgan fingerprint density at radius 1 is 1.14 bits per heavy atom. The first-order valence-electron chi connectivity index (χ1n) is 7.84. The third kappa shape index (κ3) is 2.77. The van der Waals surface area contributed by atoms with Crippen LogP contribution < -0.4 is 9.47 Å². The maximum Gasteiger partial charge on any atom is 0.258 e. The number of benzene rings is 1. The Bertz CT molecular complexity index is 561. The van der Waals surface area contributed by atoms with E-state index in [-0.39, 0.29) is 5.91 Å². The van der Waals surface area contributed by atoms with Crippen LogP contribution in [0.1, 0.15) is 23.2 Å². The van der Waals surface area contributed by atoms with Crippen LogP contribution in [-0.4, -0.2) is 62.7 Å². The molecule has 0 unspecified atom stereocenters. The highest BCUT2D eigenvalue weighted by Crippen LogP contribution is 2.31. The number of carbonyl (C=O) groups is 1. The summed E-state index contributed by atoms with van der Waals surface area (Å²) in [6.07, 6.45) is 2.31. The number of hydrogen-bond acceptors (Lipinski definition) is 4. The second kappa shape index (κ2) is 6.16. The van der Waals surface area contributed by atoms with E-state index in [1.807, 2.05) is 11.0 Å². The van der Waals surface area contributed by atoms with Gasteiger partial charge in [-0.3, -0.25) is 4.79 Å². The van der Waals surface area contributed by atoms with E-state index in [0.717, 1.165) is 26.1 Å². The number of rotatable bonds is 3. The maximum atomic E-state index is 13.1. The number of methoxy groups -OCH3 is 2. The first-order chi connectivity index (χ1) is 10.6. The van der Waals surface area contributed by atoms with Crippen molar-refractivity contribution in [2.24, 2.45) is 5.92 Å². The first-order valence-corrected chi connectivity index (χ1v) is 7.84. The van der Waals surface area contributed by atoms with E-state index < -0.39 is 0 Å². The molecule has 22 heavy (non-hydrogen) atoms. The molecule has 2 bridgehead atoms. The standard InChI is InChI=1S/C17H24N2O3/c1-18-9-12-4-5-13(11-18)19(10-12)17(20)15-8-14(21-2)6-7-16(15)22-3/h6-8,12-13H,4-5,9-11H2,1-3H3/t12-,13+/m1/s1. The van der Waals surface area contributed by atoms with Crippen molar-refractivity contribution in [1.29, 1.82) is 0 Å². The molecule has 0 saturated carbocycles. The molecule has 4 rings (SSSR count). The highest BCUT2D eigenvalue weighted by atomic mass is 16.5. The van der Waals surface area contributed by atoms with Crippen LogP contribution in [0.5, 0.6) is 11.5 Å². The van der Waals surface area contributed by atoms with Gasteiger partial charge in [-0.25, -0.2) is 0 Å². The van der Waals surface area contributed by atoms with Gasteiger partial charge < -0.3 is 19.3 Å². The predicted octanol–water partition coefficient (Wildman–Crippen LogP) is 1.87. The van der Waals surface area contributed by atoms with E-state index in [0.29, 0.717) is 29.0 Å². The fourth-order valence-electron chi connectivity index (χ4n) is 3.70. The molecule has 1 amide bonds. The van der Waals surface area contributed by atoms with Crippen molar-refractivity contribution in [3.63, 3.8) is 0 Å². The van der Waals surface area contributed by atoms with Crippen LogP contribution in [-0.2, 0) is 0 Å². The van der Waals surface area contributed by atoms with Gasteiger partial charge in [0.25, 0.3) is 5.91 Å². The van der Waals surface area contributed by atoms with Crippen LogP contribution in [0.25, 0.3) is 0 Å². The summed E-state index contributed by atoms with van der Waals surface area (Å²) in [7, 11) is 5.35. The van der Waals surface area contributed by atoms with E-state index in [2.05, 4.69) is 11.9 Å². The minimum Gasteiger partial charge on any atom is -0.497 e. The monoisotopic (exact) mass is 304 g/mol. The van der Waals surface area contributed by atoms with Crippen LogP contribution in [0.3, 0.4) is 0 Å². The summed E-state index contributed by atoms with van der Waals surface area (Å²) in [4.78, 5) is 17.5. The lowest BCUT2D eigenvalue weighted by Gasteiger charge is -2.36. The van der Waals surface area contributed by atoms with Crippen molar-refractivity contribution in [3.8, 4) is 11.5 Å². The average Bonchev–Trinajstić information content (AvgIpc) is 2.82. The van der Waals surface area contributed by atoms with E-state index in [9.17, 15) is 4.79 Å². The molecule has 3 fully saturated rings. The van der Waals surface area contributed by atoms with Gasteiger partial charge in [-0.05, 0) is 44.0 Å². The maximum absolute atomic E-state index is 13.1. The minimum atomic E-state index is 0.0563. The van der Waals surface area contributed by atoms with Gasteiger partial charge >= 0.3 is 0 Å². The van der Waals surface area contributed by atoms with Gasteiger partial charge in [-0.15, -0.1) is 0 Å². The fourth-order valence-corrected chi connectivity index (χ4v) is 3.70. The van der Waals surface area contributed by atoms with Crippen molar-refractivity contribution in [1.82, 2.24) is 9.80 Å². The molecule has 0 aromatic heterocycles. The van der Waals surface area contributed by atoms with Gasteiger partial charge in [0.1, 0.15) is 11.5 Å². The van der Waals surface area contributed by atoms with Crippen molar-refractivity contribution in [2.45, 2.75) is 18.9 Å². The van der Waals surface area contributed by atoms with Gasteiger partial charge in [-0.2, -0.15) is 0 Å². The molecule has 5 nitrogen and oxygen atoms in total. The molecular weight excluding hydrogens is 280 g/mol. The summed E-state index contributed by atoms with van der Waals surface area (Å²) < 4.78 is 10.6. The smallest absolute Gasteiger partial charge is 0.258 e. The molecule has 0 N–H and O–H groups in total. The molecular formula is C17H24N2O3. The normalized spacial score (nSPS) is 25.0. The second-order valence-electron chi connectivity index (χ2n) is 6.34. The molecule has 3 saturated heterocycles. The van der Waals surface area contributed by atoms with E-state index in [4.69, 9.17) is 9.47 Å². The second-order valence-corrected chi connectivity index (χ2v) is 6.34. The van der Waals surface area contributed by atoms with Crippen molar-refractivity contribution in [2.75, 3.05) is 40.9 Å². The lowest BCUT2D eigenvalue weighted by molar-refractivity contribution is 0.0583. The van der Waals surface area contributed by atoms with Crippen molar-refractivity contribution in [3.05, 3.63) is 23.8 Å². The van der Waals surface area contributed by atoms with Gasteiger partial charge in [-0.1, -0.05) is 0 Å². The Hall–Kier alpha value is -1.75. The van der Waals surface area contributed by atoms with E-state index in [1.54, 1.807) is 26.4 Å². The number of amides is 1. The Morgan fingerprint density at radius 3 is 2.68 bits per heavy atom. The van der Waals surface area contributed by atoms with E-state index in [1.165, 1.54) is 6.42 Å². The Balaban J connectivity index is 1.90. The van der Waals surface area contributed by atoms with Crippen molar-refractivity contribution < 1.29 is 14.3 Å². The zero-order valence-corrected chi connectivity index (χ0v) is 13.5. The van der Waals surface area contributed by atoms with Gasteiger partial charge in [0.05, 0.1) is 19.8 Å². The van der Waals surface area contributed by atoms with Crippen LogP contribution in [0.4, 0.5) is 0 Å². The topological polar surface area (TPSA) is 42.0 Å². The SMILES string of the molecule is COc1ccc(OC)c(C(=O)N2C[C@@H]3CC[C@H]2CN(C)C3)c1. The Labute approximate surface area is 131 Å². The third-order valence-corrected chi connectivity index (χ3v) is 4.79. The Morgan fingerprint density at radius 2 is 1.95 bits per heavy atom. The average molecular weight is 304 g/mol. The number of carbonyl (C=O) groups excluding carboxylic acids is 1. The van der Waals surface area contributed by atoms with Gasteiger partial charge in [0.2, 0.25) is 0 Å². The summed E-state index contributed by atoms with van der Waals surface area (Å²) in [5.74, 6) is 1.92. The summed E-state index contributed by atoms with van der Waals surface area (Å²) in [6.45, 7) is 2.87. The highest BCUT2D eigenvalue weighted by molar-refractivity contribution is 5.97. The zero-order valence-electron chi connectivity index (χ0n) is 13.5. The molecule has 3 aliphatic rings. The lowest BCUT2D eigenvalue weighted by Crippen LogP contribution is -2.47. The largest absolute Gasteiger partial charge is 0.497 e. The first kappa shape index (κ1) is 15.2. The molecule has 120 valence electrons. The number of ether oxygens (including phenoxy) is 2. The predicted molar refractivity (Wildman–Crippen MR) is 84.6 cm³/mol. The number of fused-ring (bicyclic) bond motifs is 4.